The Bertz CT molecular complexity index is 740. The molecular formula is C20H23FN2OS. The van der Waals surface area contributed by atoms with Crippen molar-refractivity contribution in [1.29, 1.82) is 0 Å². The molecule has 0 bridgehead atoms. The van der Waals surface area contributed by atoms with Gasteiger partial charge in [0.1, 0.15) is 5.82 Å². The average Bonchev–Trinajstić information content (AvgIpc) is 2.63. The van der Waals surface area contributed by atoms with Crippen LogP contribution < -0.4 is 4.90 Å². The normalized spacial score (nSPS) is 15.4. The molecule has 0 atom stereocenters. The maximum Gasteiger partial charge on any atom is 0.159 e. The highest BCUT2D eigenvalue weighted by atomic mass is 32.2. The topological polar surface area (TPSA) is 23.6 Å². The molecule has 1 fully saturated rings. The van der Waals surface area contributed by atoms with E-state index >= 15 is 0 Å². The molecule has 0 N–H and O–H groups in total. The van der Waals surface area contributed by atoms with Gasteiger partial charge >= 0.3 is 0 Å². The van der Waals surface area contributed by atoms with Gasteiger partial charge in [0.25, 0.3) is 0 Å². The van der Waals surface area contributed by atoms with E-state index in [-0.39, 0.29) is 11.6 Å². The van der Waals surface area contributed by atoms with Gasteiger partial charge in [-0.3, -0.25) is 9.69 Å². The number of Topliss-reactive ketones (excluding diaryl/α,β-unsaturated/α-hetero) is 1. The number of thioether (sulfide) groups is 1. The third kappa shape index (κ3) is 4.41. The maximum atomic E-state index is 14.3. The second-order valence-electron chi connectivity index (χ2n) is 6.33. The Morgan fingerprint density at radius 1 is 1.08 bits per heavy atom. The van der Waals surface area contributed by atoms with Crippen LogP contribution in [0.15, 0.2) is 47.4 Å². The first-order valence-corrected chi connectivity index (χ1v) is 9.70. The van der Waals surface area contributed by atoms with Gasteiger partial charge in [-0.05, 0) is 49.1 Å². The van der Waals surface area contributed by atoms with Gasteiger partial charge in [-0.1, -0.05) is 12.1 Å². The number of piperazine rings is 1. The van der Waals surface area contributed by atoms with Gasteiger partial charge in [-0.15, -0.1) is 11.8 Å². The highest BCUT2D eigenvalue weighted by Crippen LogP contribution is 2.23. The molecule has 0 spiro atoms. The van der Waals surface area contributed by atoms with Crippen molar-refractivity contribution in [2.45, 2.75) is 18.4 Å². The number of ketones is 1. The molecule has 25 heavy (non-hydrogen) atoms. The van der Waals surface area contributed by atoms with Crippen molar-refractivity contribution >= 4 is 23.2 Å². The lowest BCUT2D eigenvalue weighted by atomic mass is 10.1. The van der Waals surface area contributed by atoms with Gasteiger partial charge in [0, 0.05) is 43.2 Å². The van der Waals surface area contributed by atoms with Crippen molar-refractivity contribution < 1.29 is 9.18 Å². The first-order chi connectivity index (χ1) is 12.1. The SMILES string of the molecule is CSc1ccc(CN2CCN(c3ccc(C(C)=O)cc3F)CC2)cc1. The fourth-order valence-corrected chi connectivity index (χ4v) is 3.53. The quantitative estimate of drug-likeness (QED) is 0.594. The van der Waals surface area contributed by atoms with Crippen molar-refractivity contribution in [2.75, 3.05) is 37.3 Å². The summed E-state index contributed by atoms with van der Waals surface area (Å²) in [5, 5.41) is 0. The lowest BCUT2D eigenvalue weighted by Gasteiger charge is -2.36. The fourth-order valence-electron chi connectivity index (χ4n) is 3.12. The molecule has 3 rings (SSSR count). The molecule has 1 heterocycles. The van der Waals surface area contributed by atoms with Crippen LogP contribution in [0.3, 0.4) is 0 Å². The smallest absolute Gasteiger partial charge is 0.159 e. The van der Waals surface area contributed by atoms with Crippen LogP contribution in [-0.2, 0) is 6.54 Å². The average molecular weight is 358 g/mol. The summed E-state index contributed by atoms with van der Waals surface area (Å²) < 4.78 is 14.3. The number of carbonyl (C=O) groups is 1. The first kappa shape index (κ1) is 18.0. The van der Waals surface area contributed by atoms with E-state index < -0.39 is 0 Å². The van der Waals surface area contributed by atoms with E-state index in [4.69, 9.17) is 0 Å². The first-order valence-electron chi connectivity index (χ1n) is 8.47. The number of rotatable bonds is 5. The van der Waals surface area contributed by atoms with Crippen molar-refractivity contribution in [3.8, 4) is 0 Å². The van der Waals surface area contributed by atoms with Crippen LogP contribution in [0.25, 0.3) is 0 Å². The molecule has 3 nitrogen and oxygen atoms in total. The van der Waals surface area contributed by atoms with Crippen molar-refractivity contribution in [3.63, 3.8) is 0 Å². The van der Waals surface area contributed by atoms with E-state index in [1.807, 2.05) is 0 Å². The molecule has 2 aromatic rings. The van der Waals surface area contributed by atoms with Crippen molar-refractivity contribution in [1.82, 2.24) is 4.90 Å². The minimum Gasteiger partial charge on any atom is -0.367 e. The van der Waals surface area contributed by atoms with Crippen LogP contribution >= 0.6 is 11.8 Å². The molecule has 1 aliphatic rings. The van der Waals surface area contributed by atoms with Crippen LogP contribution in [-0.4, -0.2) is 43.1 Å². The monoisotopic (exact) mass is 358 g/mol. The molecule has 0 amide bonds. The number of hydrogen-bond acceptors (Lipinski definition) is 4. The van der Waals surface area contributed by atoms with Crippen LogP contribution in [0.4, 0.5) is 10.1 Å². The van der Waals surface area contributed by atoms with E-state index in [1.54, 1.807) is 23.9 Å². The lowest BCUT2D eigenvalue weighted by molar-refractivity contribution is 0.101. The van der Waals surface area contributed by atoms with Gasteiger partial charge in [0.05, 0.1) is 5.69 Å². The Kier molecular flexibility index (Phi) is 5.76. The molecule has 2 aromatic carbocycles. The number of benzene rings is 2. The van der Waals surface area contributed by atoms with E-state index in [9.17, 15) is 9.18 Å². The van der Waals surface area contributed by atoms with Crippen LogP contribution in [0, 0.1) is 5.82 Å². The zero-order valence-corrected chi connectivity index (χ0v) is 15.5. The molecular weight excluding hydrogens is 335 g/mol. The minimum atomic E-state index is -0.311. The third-order valence-corrected chi connectivity index (χ3v) is 5.38. The largest absolute Gasteiger partial charge is 0.367 e. The molecule has 0 saturated carbocycles. The summed E-state index contributed by atoms with van der Waals surface area (Å²) in [7, 11) is 0. The Labute approximate surface area is 152 Å². The summed E-state index contributed by atoms with van der Waals surface area (Å²) in [5.41, 5.74) is 2.32. The maximum absolute atomic E-state index is 14.3. The van der Waals surface area contributed by atoms with Gasteiger partial charge in [-0.25, -0.2) is 4.39 Å². The Balaban J connectivity index is 1.58. The highest BCUT2D eigenvalue weighted by molar-refractivity contribution is 7.98. The molecule has 0 aromatic heterocycles. The van der Waals surface area contributed by atoms with E-state index in [0.717, 1.165) is 32.7 Å². The summed E-state index contributed by atoms with van der Waals surface area (Å²) >= 11 is 1.75. The van der Waals surface area contributed by atoms with Crippen molar-refractivity contribution in [2.24, 2.45) is 0 Å². The molecule has 1 saturated heterocycles. The number of hydrogen-bond donors (Lipinski definition) is 0. The summed E-state index contributed by atoms with van der Waals surface area (Å²) in [6.07, 6.45) is 2.08. The van der Waals surface area contributed by atoms with Gasteiger partial charge < -0.3 is 4.90 Å². The summed E-state index contributed by atoms with van der Waals surface area (Å²) in [6, 6.07) is 13.4. The summed E-state index contributed by atoms with van der Waals surface area (Å²) in [5.74, 6) is -0.420. The predicted octanol–water partition coefficient (Wildman–Crippen LogP) is 4.07. The van der Waals surface area contributed by atoms with Gasteiger partial charge in [0.2, 0.25) is 0 Å². The van der Waals surface area contributed by atoms with Crippen LogP contribution in [0.1, 0.15) is 22.8 Å². The molecule has 0 aliphatic carbocycles. The number of anilines is 1. The standard InChI is InChI=1S/C20H23FN2OS/c1-15(24)17-5-8-20(19(21)13-17)23-11-9-22(10-12-23)14-16-3-6-18(25-2)7-4-16/h3-8,13H,9-12,14H2,1-2H3. The van der Waals surface area contributed by atoms with Gasteiger partial charge in [0.15, 0.2) is 5.78 Å². The Morgan fingerprint density at radius 2 is 1.76 bits per heavy atom. The molecule has 0 radical (unpaired) electrons. The Morgan fingerprint density at radius 3 is 2.32 bits per heavy atom. The molecule has 0 unspecified atom stereocenters. The third-order valence-electron chi connectivity index (χ3n) is 4.63. The predicted molar refractivity (Wildman–Crippen MR) is 102 cm³/mol. The summed E-state index contributed by atoms with van der Waals surface area (Å²) in [4.78, 5) is 17.1. The zero-order valence-electron chi connectivity index (χ0n) is 14.7. The zero-order chi connectivity index (χ0) is 17.8. The number of halogens is 1. The van der Waals surface area contributed by atoms with Gasteiger partial charge in [-0.2, -0.15) is 0 Å². The molecule has 132 valence electrons. The lowest BCUT2D eigenvalue weighted by Crippen LogP contribution is -2.46. The van der Waals surface area contributed by atoms with Crippen LogP contribution in [0.5, 0.6) is 0 Å². The second kappa shape index (κ2) is 8.02. The molecule has 1 aliphatic heterocycles. The van der Waals surface area contributed by atoms with E-state index in [0.29, 0.717) is 11.3 Å². The summed E-state index contributed by atoms with van der Waals surface area (Å²) in [6.45, 7) is 5.77. The molecule has 5 heteroatoms. The Hall–Kier alpha value is -1.85. The second-order valence-corrected chi connectivity index (χ2v) is 7.21. The minimum absolute atomic E-state index is 0.109. The number of carbonyl (C=O) groups excluding carboxylic acids is 1. The van der Waals surface area contributed by atoms with Crippen LogP contribution in [0.2, 0.25) is 0 Å². The van der Waals surface area contributed by atoms with E-state index in [2.05, 4.69) is 40.3 Å². The fraction of sp³-hybridized carbons (Fsp3) is 0.350. The number of nitrogens with zero attached hydrogens (tertiary/aromatic N) is 2. The highest BCUT2D eigenvalue weighted by Gasteiger charge is 2.20. The van der Waals surface area contributed by atoms with Crippen molar-refractivity contribution in [3.05, 3.63) is 59.4 Å². The van der Waals surface area contributed by atoms with E-state index in [1.165, 1.54) is 23.4 Å².